The van der Waals surface area contributed by atoms with Gasteiger partial charge in [0.1, 0.15) is 5.75 Å². The highest BCUT2D eigenvalue weighted by molar-refractivity contribution is 7.89. The van der Waals surface area contributed by atoms with Crippen LogP contribution in [0, 0.1) is 5.92 Å². The van der Waals surface area contributed by atoms with Crippen molar-refractivity contribution in [1.29, 1.82) is 0 Å². The SMILES string of the molecule is CC(C)Oc1cccc(CNC(=O)C2CCN(S(=O)(=O)c3ccc(Cl)cc3)CC2)c1. The lowest BCUT2D eigenvalue weighted by Crippen LogP contribution is -2.42. The Morgan fingerprint density at radius 2 is 1.83 bits per heavy atom. The van der Waals surface area contributed by atoms with Gasteiger partial charge in [-0.25, -0.2) is 8.42 Å². The molecule has 2 aromatic rings. The van der Waals surface area contributed by atoms with Gasteiger partial charge in [0.2, 0.25) is 15.9 Å². The van der Waals surface area contributed by atoms with E-state index in [4.69, 9.17) is 16.3 Å². The lowest BCUT2D eigenvalue weighted by atomic mass is 9.97. The maximum absolute atomic E-state index is 12.8. The van der Waals surface area contributed by atoms with Gasteiger partial charge in [0.05, 0.1) is 11.0 Å². The highest BCUT2D eigenvalue weighted by atomic mass is 35.5. The Hall–Kier alpha value is -2.09. The van der Waals surface area contributed by atoms with E-state index in [0.29, 0.717) is 37.5 Å². The van der Waals surface area contributed by atoms with Crippen molar-refractivity contribution in [2.24, 2.45) is 5.92 Å². The van der Waals surface area contributed by atoms with Crippen molar-refractivity contribution < 1.29 is 17.9 Å². The van der Waals surface area contributed by atoms with Gasteiger partial charge in [-0.05, 0) is 68.7 Å². The first-order valence-corrected chi connectivity index (χ1v) is 11.9. The number of nitrogens with one attached hydrogen (secondary N) is 1. The third kappa shape index (κ3) is 5.74. The van der Waals surface area contributed by atoms with Crippen LogP contribution in [0.25, 0.3) is 0 Å². The van der Waals surface area contributed by atoms with E-state index in [0.717, 1.165) is 11.3 Å². The molecule has 162 valence electrons. The molecular formula is C22H27ClN2O4S. The van der Waals surface area contributed by atoms with Crippen LogP contribution in [0.15, 0.2) is 53.4 Å². The number of piperidine rings is 1. The van der Waals surface area contributed by atoms with Crippen molar-refractivity contribution in [1.82, 2.24) is 9.62 Å². The molecule has 6 nitrogen and oxygen atoms in total. The number of halogens is 1. The quantitative estimate of drug-likeness (QED) is 0.695. The number of rotatable bonds is 7. The zero-order valence-electron chi connectivity index (χ0n) is 17.2. The molecule has 1 saturated heterocycles. The van der Waals surface area contributed by atoms with Crippen LogP contribution >= 0.6 is 11.6 Å². The lowest BCUT2D eigenvalue weighted by molar-refractivity contribution is -0.126. The van der Waals surface area contributed by atoms with Crippen LogP contribution in [-0.4, -0.2) is 37.8 Å². The number of ether oxygens (including phenoxy) is 1. The normalized spacial score (nSPS) is 15.9. The Morgan fingerprint density at radius 1 is 1.17 bits per heavy atom. The molecule has 30 heavy (non-hydrogen) atoms. The second-order valence-corrected chi connectivity index (χ2v) is 10.0. The minimum absolute atomic E-state index is 0.0475. The molecule has 0 radical (unpaired) electrons. The third-order valence-electron chi connectivity index (χ3n) is 5.01. The van der Waals surface area contributed by atoms with Gasteiger partial charge in [0.15, 0.2) is 0 Å². The minimum atomic E-state index is -3.57. The van der Waals surface area contributed by atoms with Crippen LogP contribution in [0.3, 0.4) is 0 Å². The largest absolute Gasteiger partial charge is 0.491 e. The average molecular weight is 451 g/mol. The maximum Gasteiger partial charge on any atom is 0.243 e. The predicted molar refractivity (Wildman–Crippen MR) is 117 cm³/mol. The van der Waals surface area contributed by atoms with E-state index >= 15 is 0 Å². The number of nitrogens with zero attached hydrogens (tertiary/aromatic N) is 1. The van der Waals surface area contributed by atoms with E-state index in [-0.39, 0.29) is 22.8 Å². The molecule has 0 saturated carbocycles. The Labute approximate surface area is 183 Å². The zero-order chi connectivity index (χ0) is 21.7. The van der Waals surface area contributed by atoms with Crippen LogP contribution in [0.1, 0.15) is 32.3 Å². The Morgan fingerprint density at radius 3 is 2.47 bits per heavy atom. The molecule has 0 aromatic heterocycles. The molecule has 0 unspecified atom stereocenters. The number of carbonyl (C=O) groups is 1. The number of amides is 1. The highest BCUT2D eigenvalue weighted by Crippen LogP contribution is 2.25. The summed E-state index contributed by atoms with van der Waals surface area (Å²) in [7, 11) is -3.57. The van der Waals surface area contributed by atoms with Gasteiger partial charge >= 0.3 is 0 Å². The van der Waals surface area contributed by atoms with Crippen molar-refractivity contribution in [3.05, 3.63) is 59.1 Å². The second kappa shape index (κ2) is 9.81. The van der Waals surface area contributed by atoms with Crippen LogP contribution < -0.4 is 10.1 Å². The van der Waals surface area contributed by atoms with E-state index in [9.17, 15) is 13.2 Å². The number of sulfonamides is 1. The van der Waals surface area contributed by atoms with Gasteiger partial charge in [-0.15, -0.1) is 0 Å². The summed E-state index contributed by atoms with van der Waals surface area (Å²) in [6.45, 7) is 4.99. The van der Waals surface area contributed by atoms with E-state index in [1.54, 1.807) is 12.1 Å². The Bertz CT molecular complexity index is 969. The molecule has 8 heteroatoms. The van der Waals surface area contributed by atoms with Crippen molar-refractivity contribution in [2.75, 3.05) is 13.1 Å². The summed E-state index contributed by atoms with van der Waals surface area (Å²) in [6, 6.07) is 13.8. The summed E-state index contributed by atoms with van der Waals surface area (Å²) >= 11 is 5.85. The standard InChI is InChI=1S/C22H27ClN2O4S/c1-16(2)29-20-5-3-4-17(14-20)15-24-22(26)18-10-12-25(13-11-18)30(27,28)21-8-6-19(23)7-9-21/h3-9,14,16,18H,10-13,15H2,1-2H3,(H,24,26). The molecule has 0 atom stereocenters. The third-order valence-corrected chi connectivity index (χ3v) is 7.18. The van der Waals surface area contributed by atoms with E-state index in [1.165, 1.54) is 16.4 Å². The summed E-state index contributed by atoms with van der Waals surface area (Å²) in [5.74, 6) is 0.531. The van der Waals surface area contributed by atoms with Crippen molar-refractivity contribution in [3.63, 3.8) is 0 Å². The number of carbonyl (C=O) groups excluding carboxylic acids is 1. The molecule has 0 bridgehead atoms. The summed E-state index contributed by atoms with van der Waals surface area (Å²) in [6.07, 6.45) is 1.08. The van der Waals surface area contributed by atoms with Gasteiger partial charge in [-0.1, -0.05) is 23.7 Å². The molecule has 1 amide bonds. The molecule has 1 fully saturated rings. The smallest absolute Gasteiger partial charge is 0.243 e. The molecule has 3 rings (SSSR count). The number of hydrogen-bond acceptors (Lipinski definition) is 4. The maximum atomic E-state index is 12.8. The first kappa shape index (κ1) is 22.6. The van der Waals surface area contributed by atoms with E-state index < -0.39 is 10.0 Å². The van der Waals surface area contributed by atoms with Gasteiger partial charge in [-0.3, -0.25) is 4.79 Å². The molecule has 1 aliphatic heterocycles. The first-order valence-electron chi connectivity index (χ1n) is 10.0. The Kier molecular flexibility index (Phi) is 7.39. The zero-order valence-corrected chi connectivity index (χ0v) is 18.7. The average Bonchev–Trinajstić information content (AvgIpc) is 2.72. The van der Waals surface area contributed by atoms with Crippen LogP contribution in [0.5, 0.6) is 5.75 Å². The van der Waals surface area contributed by atoms with Crippen LogP contribution in [-0.2, 0) is 21.4 Å². The fraction of sp³-hybridized carbons (Fsp3) is 0.409. The topological polar surface area (TPSA) is 75.7 Å². The van der Waals surface area contributed by atoms with Gasteiger partial charge in [0, 0.05) is 30.6 Å². The summed E-state index contributed by atoms with van der Waals surface area (Å²) in [5.41, 5.74) is 0.962. The van der Waals surface area contributed by atoms with E-state index in [2.05, 4.69) is 5.32 Å². The predicted octanol–water partition coefficient (Wildman–Crippen LogP) is 3.84. The van der Waals surface area contributed by atoms with Gasteiger partial charge in [0.25, 0.3) is 0 Å². The molecule has 0 spiro atoms. The lowest BCUT2D eigenvalue weighted by Gasteiger charge is -2.30. The van der Waals surface area contributed by atoms with Crippen LogP contribution in [0.2, 0.25) is 5.02 Å². The van der Waals surface area contributed by atoms with Gasteiger partial charge < -0.3 is 10.1 Å². The summed E-state index contributed by atoms with van der Waals surface area (Å²) < 4.78 is 32.6. The molecule has 1 aliphatic rings. The van der Waals surface area contributed by atoms with Gasteiger partial charge in [-0.2, -0.15) is 4.31 Å². The monoisotopic (exact) mass is 450 g/mol. The molecule has 1 N–H and O–H groups in total. The second-order valence-electron chi connectivity index (χ2n) is 7.66. The highest BCUT2D eigenvalue weighted by Gasteiger charge is 2.32. The number of hydrogen-bond donors (Lipinski definition) is 1. The minimum Gasteiger partial charge on any atom is -0.491 e. The summed E-state index contributed by atoms with van der Waals surface area (Å²) in [4.78, 5) is 12.8. The molecule has 0 aliphatic carbocycles. The molecule has 1 heterocycles. The Balaban J connectivity index is 1.52. The van der Waals surface area contributed by atoms with Crippen molar-refractivity contribution in [3.8, 4) is 5.75 Å². The number of benzene rings is 2. The van der Waals surface area contributed by atoms with Crippen molar-refractivity contribution in [2.45, 2.75) is 44.2 Å². The van der Waals surface area contributed by atoms with E-state index in [1.807, 2.05) is 38.1 Å². The molecular weight excluding hydrogens is 424 g/mol. The fourth-order valence-electron chi connectivity index (χ4n) is 3.45. The van der Waals surface area contributed by atoms with Crippen molar-refractivity contribution >= 4 is 27.5 Å². The molecule has 2 aromatic carbocycles. The fourth-order valence-corrected chi connectivity index (χ4v) is 5.04. The van der Waals surface area contributed by atoms with Crippen LogP contribution in [0.4, 0.5) is 0 Å². The first-order chi connectivity index (χ1) is 14.3. The summed E-state index contributed by atoms with van der Waals surface area (Å²) in [5, 5.41) is 3.45.